The van der Waals surface area contributed by atoms with Gasteiger partial charge >= 0.3 is 0 Å². The van der Waals surface area contributed by atoms with Gasteiger partial charge in [0.2, 0.25) is 5.91 Å². The molecule has 0 saturated carbocycles. The lowest BCUT2D eigenvalue weighted by Gasteiger charge is -2.35. The predicted molar refractivity (Wildman–Crippen MR) is 105 cm³/mol. The summed E-state index contributed by atoms with van der Waals surface area (Å²) < 4.78 is 5.33. The Morgan fingerprint density at radius 1 is 0.963 bits per heavy atom. The van der Waals surface area contributed by atoms with Crippen LogP contribution in [0.3, 0.4) is 0 Å². The molecule has 27 heavy (non-hydrogen) atoms. The molecule has 0 N–H and O–H groups in total. The van der Waals surface area contributed by atoms with Crippen LogP contribution in [0.5, 0.6) is 5.75 Å². The summed E-state index contributed by atoms with van der Waals surface area (Å²) >= 11 is 0. The first-order valence-electron chi connectivity index (χ1n) is 9.26. The van der Waals surface area contributed by atoms with E-state index in [1.165, 1.54) is 0 Å². The second-order valence-electron chi connectivity index (χ2n) is 6.98. The highest BCUT2D eigenvalue weighted by Gasteiger charge is 2.26. The molecule has 0 radical (unpaired) electrons. The maximum absolute atomic E-state index is 12.8. The Bertz CT molecular complexity index is 839. The van der Waals surface area contributed by atoms with Crippen LogP contribution in [0.4, 0.5) is 0 Å². The summed E-state index contributed by atoms with van der Waals surface area (Å²) in [7, 11) is 1.61. The van der Waals surface area contributed by atoms with E-state index in [0.717, 1.165) is 28.0 Å². The van der Waals surface area contributed by atoms with E-state index in [4.69, 9.17) is 4.74 Å². The maximum atomic E-state index is 12.8. The first-order chi connectivity index (χ1) is 13.0. The van der Waals surface area contributed by atoms with Crippen molar-refractivity contribution in [2.45, 2.75) is 20.3 Å². The molecule has 1 aliphatic heterocycles. The molecule has 0 bridgehead atoms. The van der Waals surface area contributed by atoms with Gasteiger partial charge in [0, 0.05) is 37.3 Å². The van der Waals surface area contributed by atoms with Crippen molar-refractivity contribution in [1.29, 1.82) is 0 Å². The van der Waals surface area contributed by atoms with Crippen LogP contribution in [0, 0.1) is 13.8 Å². The number of piperazine rings is 1. The van der Waals surface area contributed by atoms with E-state index in [1.54, 1.807) is 7.11 Å². The standard InChI is InChI=1S/C22H26N2O3/c1-16-8-9-17(2)19(14-16)22(26)24-12-10-23(11-13-24)21(25)15-18-6-4-5-7-20(18)27-3/h4-9,14H,10-13,15H2,1-3H3. The number of para-hydroxylation sites is 1. The molecule has 5 heteroatoms. The van der Waals surface area contributed by atoms with Crippen LogP contribution in [-0.4, -0.2) is 54.9 Å². The molecule has 2 aromatic rings. The van der Waals surface area contributed by atoms with E-state index in [2.05, 4.69) is 0 Å². The molecule has 5 nitrogen and oxygen atoms in total. The molecule has 0 atom stereocenters. The van der Waals surface area contributed by atoms with Gasteiger partial charge in [0.15, 0.2) is 0 Å². The van der Waals surface area contributed by atoms with E-state index in [0.29, 0.717) is 32.6 Å². The number of aryl methyl sites for hydroxylation is 2. The molecule has 0 spiro atoms. The molecule has 0 unspecified atom stereocenters. The fourth-order valence-electron chi connectivity index (χ4n) is 3.42. The van der Waals surface area contributed by atoms with Crippen LogP contribution in [0.15, 0.2) is 42.5 Å². The third kappa shape index (κ3) is 4.30. The Kier molecular flexibility index (Phi) is 5.79. The van der Waals surface area contributed by atoms with Crippen molar-refractivity contribution >= 4 is 11.8 Å². The number of hydrogen-bond donors (Lipinski definition) is 0. The molecule has 142 valence electrons. The van der Waals surface area contributed by atoms with Crippen molar-refractivity contribution < 1.29 is 14.3 Å². The van der Waals surface area contributed by atoms with Gasteiger partial charge in [0.25, 0.3) is 5.91 Å². The molecule has 1 heterocycles. The molecular formula is C22H26N2O3. The molecule has 3 rings (SSSR count). The zero-order valence-corrected chi connectivity index (χ0v) is 16.2. The largest absolute Gasteiger partial charge is 0.496 e. The Morgan fingerprint density at radius 3 is 2.33 bits per heavy atom. The van der Waals surface area contributed by atoms with Crippen LogP contribution >= 0.6 is 0 Å². The monoisotopic (exact) mass is 366 g/mol. The van der Waals surface area contributed by atoms with Crippen LogP contribution in [0.2, 0.25) is 0 Å². The summed E-state index contributed by atoms with van der Waals surface area (Å²) in [5, 5.41) is 0. The van der Waals surface area contributed by atoms with Crippen molar-refractivity contribution in [2.24, 2.45) is 0 Å². The highest BCUT2D eigenvalue weighted by Crippen LogP contribution is 2.19. The topological polar surface area (TPSA) is 49.9 Å². The Hall–Kier alpha value is -2.82. The molecule has 2 aromatic carbocycles. The van der Waals surface area contributed by atoms with Crippen molar-refractivity contribution in [3.05, 3.63) is 64.7 Å². The van der Waals surface area contributed by atoms with Crippen LogP contribution in [0.25, 0.3) is 0 Å². The zero-order valence-electron chi connectivity index (χ0n) is 16.2. The Labute approximate surface area is 160 Å². The molecule has 1 aliphatic rings. The maximum Gasteiger partial charge on any atom is 0.254 e. The Balaban J connectivity index is 1.60. The summed E-state index contributed by atoms with van der Waals surface area (Å²) in [6.45, 7) is 6.19. The quantitative estimate of drug-likeness (QED) is 0.836. The van der Waals surface area contributed by atoms with Crippen molar-refractivity contribution in [3.63, 3.8) is 0 Å². The summed E-state index contributed by atoms with van der Waals surface area (Å²) in [4.78, 5) is 29.2. The number of carbonyl (C=O) groups excluding carboxylic acids is 2. The lowest BCUT2D eigenvalue weighted by molar-refractivity contribution is -0.131. The van der Waals surface area contributed by atoms with Crippen LogP contribution in [0.1, 0.15) is 27.0 Å². The van der Waals surface area contributed by atoms with Crippen molar-refractivity contribution in [3.8, 4) is 5.75 Å². The van der Waals surface area contributed by atoms with Gasteiger partial charge in [-0.2, -0.15) is 0 Å². The highest BCUT2D eigenvalue weighted by molar-refractivity contribution is 5.96. The van der Waals surface area contributed by atoms with E-state index >= 15 is 0 Å². The molecular weight excluding hydrogens is 340 g/mol. The van der Waals surface area contributed by atoms with Crippen LogP contribution < -0.4 is 4.74 Å². The number of amides is 2. The molecule has 0 aromatic heterocycles. The fourth-order valence-corrected chi connectivity index (χ4v) is 3.42. The van der Waals surface area contributed by atoms with Gasteiger partial charge in [-0.05, 0) is 31.5 Å². The Morgan fingerprint density at radius 2 is 1.63 bits per heavy atom. The number of rotatable bonds is 4. The molecule has 0 aliphatic carbocycles. The van der Waals surface area contributed by atoms with Gasteiger partial charge in [0.05, 0.1) is 13.5 Å². The number of carbonyl (C=O) groups is 2. The second kappa shape index (κ2) is 8.25. The van der Waals surface area contributed by atoms with Crippen LogP contribution in [-0.2, 0) is 11.2 Å². The smallest absolute Gasteiger partial charge is 0.254 e. The highest BCUT2D eigenvalue weighted by atomic mass is 16.5. The van der Waals surface area contributed by atoms with E-state index < -0.39 is 0 Å². The SMILES string of the molecule is COc1ccccc1CC(=O)N1CCN(C(=O)c2cc(C)ccc2C)CC1. The van der Waals surface area contributed by atoms with Gasteiger partial charge < -0.3 is 14.5 Å². The number of hydrogen-bond acceptors (Lipinski definition) is 3. The van der Waals surface area contributed by atoms with E-state index in [-0.39, 0.29) is 11.8 Å². The molecule has 1 saturated heterocycles. The summed E-state index contributed by atoms with van der Waals surface area (Å²) in [5.74, 6) is 0.848. The molecule has 1 fully saturated rings. The second-order valence-corrected chi connectivity index (χ2v) is 6.98. The van der Waals surface area contributed by atoms with Gasteiger partial charge in [-0.25, -0.2) is 0 Å². The first kappa shape index (κ1) is 19.0. The number of ether oxygens (including phenoxy) is 1. The lowest BCUT2D eigenvalue weighted by atomic mass is 10.0. The van der Waals surface area contributed by atoms with Gasteiger partial charge in [-0.1, -0.05) is 35.9 Å². The zero-order chi connectivity index (χ0) is 19.4. The number of methoxy groups -OCH3 is 1. The van der Waals surface area contributed by atoms with Gasteiger partial charge in [0.1, 0.15) is 5.75 Å². The minimum Gasteiger partial charge on any atom is -0.496 e. The summed E-state index contributed by atoms with van der Waals surface area (Å²) in [6.07, 6.45) is 0.314. The number of nitrogens with zero attached hydrogens (tertiary/aromatic N) is 2. The minimum absolute atomic E-state index is 0.0491. The van der Waals surface area contributed by atoms with Crippen molar-refractivity contribution in [1.82, 2.24) is 9.80 Å². The predicted octanol–water partition coefficient (Wildman–Crippen LogP) is 2.84. The third-order valence-electron chi connectivity index (χ3n) is 5.08. The molecule has 2 amide bonds. The van der Waals surface area contributed by atoms with Gasteiger partial charge in [-0.15, -0.1) is 0 Å². The summed E-state index contributed by atoms with van der Waals surface area (Å²) in [5.41, 5.74) is 3.71. The fraction of sp³-hybridized carbons (Fsp3) is 0.364. The number of benzene rings is 2. The van der Waals surface area contributed by atoms with Crippen molar-refractivity contribution in [2.75, 3.05) is 33.3 Å². The average Bonchev–Trinajstić information content (AvgIpc) is 2.69. The normalized spacial score (nSPS) is 14.2. The first-order valence-corrected chi connectivity index (χ1v) is 9.26. The lowest BCUT2D eigenvalue weighted by Crippen LogP contribution is -2.51. The summed E-state index contributed by atoms with van der Waals surface area (Å²) in [6, 6.07) is 13.5. The van der Waals surface area contributed by atoms with E-state index in [1.807, 2.05) is 66.1 Å². The third-order valence-corrected chi connectivity index (χ3v) is 5.08. The van der Waals surface area contributed by atoms with Gasteiger partial charge in [-0.3, -0.25) is 9.59 Å². The minimum atomic E-state index is 0.0491. The average molecular weight is 366 g/mol. The van der Waals surface area contributed by atoms with E-state index in [9.17, 15) is 9.59 Å².